The average Bonchev–Trinajstić information content (AvgIpc) is 3.33. The largest absolute Gasteiger partial charge is 0.497 e. The lowest BCUT2D eigenvalue weighted by molar-refractivity contribution is 0.0744. The van der Waals surface area contributed by atoms with E-state index in [2.05, 4.69) is 9.97 Å². The van der Waals surface area contributed by atoms with E-state index < -0.39 is 0 Å². The molecule has 172 valence electrons. The molecule has 0 saturated carbocycles. The molecule has 34 heavy (non-hydrogen) atoms. The summed E-state index contributed by atoms with van der Waals surface area (Å²) in [5.41, 5.74) is 3.08. The first kappa shape index (κ1) is 22.0. The van der Waals surface area contributed by atoms with Crippen molar-refractivity contribution in [1.29, 1.82) is 0 Å². The van der Waals surface area contributed by atoms with Gasteiger partial charge in [-0.05, 0) is 48.4 Å². The maximum atomic E-state index is 13.4. The number of carbonyl (C=O) groups is 1. The van der Waals surface area contributed by atoms with E-state index in [0.29, 0.717) is 47.2 Å². The maximum Gasteiger partial charge on any atom is 0.255 e. The molecule has 0 unspecified atom stereocenters. The minimum Gasteiger partial charge on any atom is -0.497 e. The number of amides is 1. The normalized spacial score (nSPS) is 12.1. The van der Waals surface area contributed by atoms with Crippen molar-refractivity contribution in [3.8, 4) is 17.2 Å². The van der Waals surface area contributed by atoms with E-state index in [4.69, 9.17) is 25.8 Å². The maximum absolute atomic E-state index is 13.4. The molecule has 0 N–H and O–H groups in total. The summed E-state index contributed by atoms with van der Waals surface area (Å²) in [5, 5.41) is 1.22. The van der Waals surface area contributed by atoms with E-state index in [-0.39, 0.29) is 12.7 Å². The minimum atomic E-state index is -0.122. The van der Waals surface area contributed by atoms with Gasteiger partial charge in [0.2, 0.25) is 6.79 Å². The summed E-state index contributed by atoms with van der Waals surface area (Å²) < 4.78 is 16.2. The summed E-state index contributed by atoms with van der Waals surface area (Å²) in [6.07, 6.45) is 3.89. The van der Waals surface area contributed by atoms with Gasteiger partial charge in [-0.3, -0.25) is 9.78 Å². The average molecular weight is 476 g/mol. The van der Waals surface area contributed by atoms with E-state index in [0.717, 1.165) is 22.3 Å². The highest BCUT2D eigenvalue weighted by molar-refractivity contribution is 6.30. The van der Waals surface area contributed by atoms with Crippen LogP contribution in [0.4, 0.5) is 0 Å². The van der Waals surface area contributed by atoms with Crippen molar-refractivity contribution in [2.24, 2.45) is 0 Å². The summed E-state index contributed by atoms with van der Waals surface area (Å²) in [5.74, 6) is 1.99. The molecule has 1 amide bonds. The van der Waals surface area contributed by atoms with E-state index >= 15 is 0 Å². The Morgan fingerprint density at radius 2 is 1.91 bits per heavy atom. The van der Waals surface area contributed by atoms with Crippen LogP contribution in [0.1, 0.15) is 21.5 Å². The number of methoxy groups -OCH3 is 1. The van der Waals surface area contributed by atoms with Gasteiger partial charge in [-0.2, -0.15) is 0 Å². The van der Waals surface area contributed by atoms with Crippen LogP contribution in [0.25, 0.3) is 10.9 Å². The van der Waals surface area contributed by atoms with E-state index in [9.17, 15) is 4.79 Å². The second kappa shape index (κ2) is 9.57. The Hall–Kier alpha value is -3.84. The number of benzene rings is 2. The Morgan fingerprint density at radius 3 is 2.65 bits per heavy atom. The summed E-state index contributed by atoms with van der Waals surface area (Å²) in [4.78, 5) is 23.8. The van der Waals surface area contributed by atoms with Crippen LogP contribution in [0.2, 0.25) is 5.15 Å². The molecule has 8 heteroatoms. The number of hydrogen-bond acceptors (Lipinski definition) is 6. The third-order valence-electron chi connectivity index (χ3n) is 5.72. The molecule has 0 saturated heterocycles. The van der Waals surface area contributed by atoms with Crippen molar-refractivity contribution in [2.75, 3.05) is 20.4 Å². The molecular weight excluding hydrogens is 454 g/mol. The van der Waals surface area contributed by atoms with Crippen LogP contribution in [-0.4, -0.2) is 41.2 Å². The quantitative estimate of drug-likeness (QED) is 0.354. The van der Waals surface area contributed by atoms with Crippen molar-refractivity contribution in [3.63, 3.8) is 0 Å². The van der Waals surface area contributed by atoms with Gasteiger partial charge in [0.1, 0.15) is 10.9 Å². The molecule has 7 nitrogen and oxygen atoms in total. The van der Waals surface area contributed by atoms with Crippen LogP contribution < -0.4 is 14.2 Å². The molecule has 0 radical (unpaired) electrons. The van der Waals surface area contributed by atoms with Crippen LogP contribution in [0.3, 0.4) is 0 Å². The van der Waals surface area contributed by atoms with Crippen molar-refractivity contribution < 1.29 is 19.0 Å². The summed E-state index contributed by atoms with van der Waals surface area (Å²) in [7, 11) is 1.64. The molecule has 3 heterocycles. The van der Waals surface area contributed by atoms with Gasteiger partial charge in [-0.15, -0.1) is 0 Å². The fourth-order valence-corrected chi connectivity index (χ4v) is 4.09. The van der Waals surface area contributed by atoms with Crippen LogP contribution in [0, 0.1) is 0 Å². The van der Waals surface area contributed by atoms with Crippen molar-refractivity contribution in [3.05, 3.63) is 88.8 Å². The van der Waals surface area contributed by atoms with Crippen LogP contribution in [0.15, 0.2) is 67.0 Å². The fraction of sp³-hybridized carbons (Fsp3) is 0.192. The highest BCUT2D eigenvalue weighted by atomic mass is 35.5. The zero-order valence-electron chi connectivity index (χ0n) is 18.5. The molecule has 1 aliphatic heterocycles. The number of carbonyl (C=O) groups excluding carboxylic acids is 1. The minimum absolute atomic E-state index is 0.122. The SMILES string of the molecule is COc1ccc(CCN(Cc2cc3cc4c(cc3nc2Cl)OCO4)C(=O)c2cccnc2)cc1. The molecular formula is C26H22ClN3O4. The Morgan fingerprint density at radius 1 is 1.12 bits per heavy atom. The second-order valence-corrected chi connectivity index (χ2v) is 8.26. The number of halogens is 1. The third kappa shape index (κ3) is 4.61. The number of ether oxygens (including phenoxy) is 3. The topological polar surface area (TPSA) is 73.8 Å². The molecule has 2 aromatic carbocycles. The predicted octanol–water partition coefficient (Wildman–Crippen LogP) is 4.91. The number of aromatic nitrogens is 2. The Labute approximate surface area is 201 Å². The van der Waals surface area contributed by atoms with Gasteiger partial charge < -0.3 is 19.1 Å². The third-order valence-corrected chi connectivity index (χ3v) is 6.05. The van der Waals surface area contributed by atoms with Crippen molar-refractivity contribution >= 4 is 28.4 Å². The summed E-state index contributed by atoms with van der Waals surface area (Å²) >= 11 is 6.55. The Balaban J connectivity index is 1.43. The predicted molar refractivity (Wildman–Crippen MR) is 129 cm³/mol. The second-order valence-electron chi connectivity index (χ2n) is 7.90. The van der Waals surface area contributed by atoms with Gasteiger partial charge >= 0.3 is 0 Å². The van der Waals surface area contributed by atoms with Crippen molar-refractivity contribution in [1.82, 2.24) is 14.9 Å². The lowest BCUT2D eigenvalue weighted by Crippen LogP contribution is -2.32. The van der Waals surface area contributed by atoms with Crippen LogP contribution in [0.5, 0.6) is 17.2 Å². The molecule has 0 bridgehead atoms. The molecule has 4 aromatic rings. The first-order valence-corrected chi connectivity index (χ1v) is 11.2. The monoisotopic (exact) mass is 475 g/mol. The van der Waals surface area contributed by atoms with Gasteiger partial charge in [-0.25, -0.2) is 4.98 Å². The molecule has 2 aromatic heterocycles. The van der Waals surface area contributed by atoms with Gasteiger partial charge in [0.25, 0.3) is 5.91 Å². The van der Waals surface area contributed by atoms with Gasteiger partial charge in [0.15, 0.2) is 11.5 Å². The lowest BCUT2D eigenvalue weighted by atomic mass is 10.1. The summed E-state index contributed by atoms with van der Waals surface area (Å²) in [6.45, 7) is 0.987. The van der Waals surface area contributed by atoms with Crippen molar-refractivity contribution in [2.45, 2.75) is 13.0 Å². The Kier molecular flexibility index (Phi) is 6.18. The molecule has 0 aliphatic carbocycles. The van der Waals surface area contributed by atoms with E-state index in [1.54, 1.807) is 36.5 Å². The number of nitrogens with zero attached hydrogens (tertiary/aromatic N) is 3. The number of pyridine rings is 2. The fourth-order valence-electron chi connectivity index (χ4n) is 3.88. The Bertz CT molecular complexity index is 1330. The highest BCUT2D eigenvalue weighted by Crippen LogP contribution is 2.36. The van der Waals surface area contributed by atoms with E-state index in [1.165, 1.54) is 0 Å². The van der Waals surface area contributed by atoms with Crippen LogP contribution >= 0.6 is 11.6 Å². The molecule has 0 fully saturated rings. The van der Waals surface area contributed by atoms with Gasteiger partial charge in [-0.1, -0.05) is 23.7 Å². The zero-order valence-corrected chi connectivity index (χ0v) is 19.3. The highest BCUT2D eigenvalue weighted by Gasteiger charge is 2.20. The first-order valence-electron chi connectivity index (χ1n) is 10.8. The lowest BCUT2D eigenvalue weighted by Gasteiger charge is -2.23. The molecule has 5 rings (SSSR count). The standard InChI is InChI=1S/C26H22ClN3O4/c1-32-21-6-4-17(5-7-21)8-10-30(26(31)18-3-2-9-28-14-18)15-20-11-19-12-23-24(34-16-33-23)13-22(19)29-25(20)27/h2-7,9,11-14H,8,10,15-16H2,1H3. The van der Waals surface area contributed by atoms with Gasteiger partial charge in [0.05, 0.1) is 18.2 Å². The zero-order chi connectivity index (χ0) is 23.5. The number of rotatable bonds is 7. The van der Waals surface area contributed by atoms with E-state index in [1.807, 2.05) is 42.5 Å². The molecule has 1 aliphatic rings. The molecule has 0 atom stereocenters. The van der Waals surface area contributed by atoms with Crippen LogP contribution in [-0.2, 0) is 13.0 Å². The number of hydrogen-bond donors (Lipinski definition) is 0. The molecule has 0 spiro atoms. The first-order chi connectivity index (χ1) is 16.6. The van der Waals surface area contributed by atoms with Gasteiger partial charge in [0, 0.05) is 42.5 Å². The number of fused-ring (bicyclic) bond motifs is 2. The summed E-state index contributed by atoms with van der Waals surface area (Å²) in [6, 6.07) is 17.0. The smallest absolute Gasteiger partial charge is 0.255 e.